The first-order chi connectivity index (χ1) is 10.6. The van der Waals surface area contributed by atoms with E-state index >= 15 is 0 Å². The molecule has 0 saturated heterocycles. The summed E-state index contributed by atoms with van der Waals surface area (Å²) in [6, 6.07) is 11.9. The van der Waals surface area contributed by atoms with Gasteiger partial charge in [0.05, 0.1) is 19.2 Å². The van der Waals surface area contributed by atoms with E-state index in [1.165, 1.54) is 7.11 Å². The Hall–Kier alpha value is -2.82. The van der Waals surface area contributed by atoms with Crippen molar-refractivity contribution >= 4 is 12.2 Å². The summed E-state index contributed by atoms with van der Waals surface area (Å²) in [5.74, 6) is -0.435. The molecule has 0 atom stereocenters. The van der Waals surface area contributed by atoms with Crippen LogP contribution < -0.4 is 4.74 Å². The summed E-state index contributed by atoms with van der Waals surface area (Å²) in [7, 11) is 1.50. The van der Waals surface area contributed by atoms with Crippen LogP contribution in [0.15, 0.2) is 47.5 Å². The van der Waals surface area contributed by atoms with Crippen LogP contribution in [0.5, 0.6) is 11.5 Å². The number of methoxy groups -OCH3 is 1. The number of benzene rings is 2. The Balaban J connectivity index is 2.01. The molecule has 0 unspecified atom stereocenters. The number of hydrogen-bond donors (Lipinski definition) is 2. The van der Waals surface area contributed by atoms with Crippen molar-refractivity contribution in [2.45, 2.75) is 13.0 Å². The van der Waals surface area contributed by atoms with Crippen LogP contribution in [-0.4, -0.2) is 29.5 Å². The molecule has 0 heterocycles. The van der Waals surface area contributed by atoms with Crippen LogP contribution >= 0.6 is 0 Å². The summed E-state index contributed by atoms with van der Waals surface area (Å²) >= 11 is 0. The van der Waals surface area contributed by atoms with Crippen molar-refractivity contribution in [1.29, 1.82) is 0 Å². The fraction of sp³-hybridized carbons (Fsp3) is 0.176. The fourth-order valence-electron chi connectivity index (χ4n) is 2.05. The lowest BCUT2D eigenvalue weighted by Crippen LogP contribution is -2.01. The smallest absolute Gasteiger partial charge is 0.336 e. The highest BCUT2D eigenvalue weighted by Crippen LogP contribution is 2.26. The standard InChI is InChI=1S/C17H17NO4/c1-22-16-10-12(6-7-15(16)19)8-9-18-11-13-4-2-3-5-14(13)17(20)21/h2-7,9-10,19H,8,11H2,1H3,(H,20,21). The van der Waals surface area contributed by atoms with Gasteiger partial charge in [0, 0.05) is 12.6 Å². The molecular weight excluding hydrogens is 282 g/mol. The average molecular weight is 299 g/mol. The molecule has 0 aliphatic rings. The second-order valence-corrected chi connectivity index (χ2v) is 4.70. The van der Waals surface area contributed by atoms with Gasteiger partial charge in [0.15, 0.2) is 11.5 Å². The van der Waals surface area contributed by atoms with Crippen molar-refractivity contribution in [3.63, 3.8) is 0 Å². The molecular formula is C17H17NO4. The Morgan fingerprint density at radius 1 is 1.27 bits per heavy atom. The number of carbonyl (C=O) groups is 1. The molecule has 2 rings (SSSR count). The third-order valence-corrected chi connectivity index (χ3v) is 3.21. The first-order valence-electron chi connectivity index (χ1n) is 6.77. The Bertz CT molecular complexity index is 695. The van der Waals surface area contributed by atoms with Gasteiger partial charge in [0.1, 0.15) is 0 Å². The highest BCUT2D eigenvalue weighted by atomic mass is 16.5. The number of carboxylic acids is 1. The maximum absolute atomic E-state index is 11.1. The summed E-state index contributed by atoms with van der Waals surface area (Å²) < 4.78 is 5.04. The quantitative estimate of drug-likeness (QED) is 0.804. The molecule has 2 aromatic rings. The number of ether oxygens (including phenoxy) is 1. The van der Waals surface area contributed by atoms with Crippen LogP contribution in [0.3, 0.4) is 0 Å². The van der Waals surface area contributed by atoms with Crippen molar-refractivity contribution in [3.05, 3.63) is 59.2 Å². The number of phenols is 1. The summed E-state index contributed by atoms with van der Waals surface area (Å²) in [5, 5.41) is 18.6. The average Bonchev–Trinajstić information content (AvgIpc) is 2.53. The molecule has 0 radical (unpaired) electrons. The Morgan fingerprint density at radius 3 is 2.77 bits per heavy atom. The number of aromatic hydroxyl groups is 1. The van der Waals surface area contributed by atoms with Crippen LogP contribution in [0.2, 0.25) is 0 Å². The van der Waals surface area contributed by atoms with Gasteiger partial charge in [0.25, 0.3) is 0 Å². The van der Waals surface area contributed by atoms with Gasteiger partial charge in [-0.05, 0) is 29.3 Å². The normalized spacial score (nSPS) is 10.8. The molecule has 2 aromatic carbocycles. The molecule has 5 nitrogen and oxygen atoms in total. The van der Waals surface area contributed by atoms with Crippen LogP contribution in [-0.2, 0) is 13.0 Å². The predicted molar refractivity (Wildman–Crippen MR) is 84.0 cm³/mol. The Kier molecular flexibility index (Phi) is 5.14. The van der Waals surface area contributed by atoms with Gasteiger partial charge >= 0.3 is 5.97 Å². The van der Waals surface area contributed by atoms with Crippen LogP contribution in [0, 0.1) is 0 Å². The van der Waals surface area contributed by atoms with Gasteiger partial charge in [-0.1, -0.05) is 24.3 Å². The second kappa shape index (κ2) is 7.26. The molecule has 0 amide bonds. The monoisotopic (exact) mass is 299 g/mol. The molecule has 0 aliphatic carbocycles. The molecule has 22 heavy (non-hydrogen) atoms. The van der Waals surface area contributed by atoms with E-state index in [1.54, 1.807) is 48.7 Å². The molecule has 114 valence electrons. The van der Waals surface area contributed by atoms with Crippen LogP contribution in [0.25, 0.3) is 0 Å². The van der Waals surface area contributed by atoms with Gasteiger partial charge in [-0.3, -0.25) is 4.99 Å². The zero-order valence-corrected chi connectivity index (χ0v) is 12.2. The van der Waals surface area contributed by atoms with Gasteiger partial charge in [-0.25, -0.2) is 4.79 Å². The molecule has 0 bridgehead atoms. The Morgan fingerprint density at radius 2 is 2.05 bits per heavy atom. The second-order valence-electron chi connectivity index (χ2n) is 4.70. The van der Waals surface area contributed by atoms with Gasteiger partial charge in [0.2, 0.25) is 0 Å². The molecule has 0 aromatic heterocycles. The lowest BCUT2D eigenvalue weighted by molar-refractivity contribution is 0.0695. The van der Waals surface area contributed by atoms with E-state index in [0.29, 0.717) is 24.3 Å². The topological polar surface area (TPSA) is 79.1 Å². The number of nitrogens with zero attached hydrogens (tertiary/aromatic N) is 1. The fourth-order valence-corrected chi connectivity index (χ4v) is 2.05. The van der Waals surface area contributed by atoms with Crippen molar-refractivity contribution in [2.24, 2.45) is 4.99 Å². The van der Waals surface area contributed by atoms with E-state index in [1.807, 2.05) is 0 Å². The number of carboxylic acid groups (broad SMARTS) is 1. The largest absolute Gasteiger partial charge is 0.504 e. The van der Waals surface area contributed by atoms with E-state index in [0.717, 1.165) is 5.56 Å². The SMILES string of the molecule is COc1cc(CC=NCc2ccccc2C(=O)O)ccc1O. The Labute approximate surface area is 128 Å². The van der Waals surface area contributed by atoms with Crippen molar-refractivity contribution in [1.82, 2.24) is 0 Å². The molecule has 2 N–H and O–H groups in total. The third kappa shape index (κ3) is 3.85. The van der Waals surface area contributed by atoms with Gasteiger partial charge in [-0.2, -0.15) is 0 Å². The van der Waals surface area contributed by atoms with Gasteiger partial charge in [-0.15, -0.1) is 0 Å². The first kappa shape index (κ1) is 15.6. The highest BCUT2D eigenvalue weighted by Gasteiger charge is 2.07. The first-order valence-corrected chi connectivity index (χ1v) is 6.77. The maximum atomic E-state index is 11.1. The number of hydrogen-bond acceptors (Lipinski definition) is 4. The molecule has 0 spiro atoms. The number of aliphatic imine (C=N–C) groups is 1. The minimum absolute atomic E-state index is 0.0959. The van der Waals surface area contributed by atoms with Crippen LogP contribution in [0.4, 0.5) is 0 Å². The van der Waals surface area contributed by atoms with E-state index in [4.69, 9.17) is 9.84 Å². The zero-order valence-electron chi connectivity index (χ0n) is 12.2. The van der Waals surface area contributed by atoms with E-state index in [9.17, 15) is 9.90 Å². The minimum Gasteiger partial charge on any atom is -0.504 e. The highest BCUT2D eigenvalue weighted by molar-refractivity contribution is 5.89. The third-order valence-electron chi connectivity index (χ3n) is 3.21. The van der Waals surface area contributed by atoms with Crippen LogP contribution in [0.1, 0.15) is 21.5 Å². The van der Waals surface area contributed by atoms with E-state index < -0.39 is 5.97 Å². The molecule has 0 fully saturated rings. The van der Waals surface area contributed by atoms with Crippen molar-refractivity contribution in [2.75, 3.05) is 7.11 Å². The van der Waals surface area contributed by atoms with Crippen molar-refractivity contribution < 1.29 is 19.7 Å². The summed E-state index contributed by atoms with van der Waals surface area (Å²) in [6.07, 6.45) is 2.30. The van der Waals surface area contributed by atoms with Gasteiger partial charge < -0.3 is 14.9 Å². The number of rotatable bonds is 6. The minimum atomic E-state index is -0.950. The molecule has 0 saturated carbocycles. The van der Waals surface area contributed by atoms with E-state index in [-0.39, 0.29) is 11.3 Å². The molecule has 0 aliphatic heterocycles. The number of aromatic carboxylic acids is 1. The lowest BCUT2D eigenvalue weighted by Gasteiger charge is -2.05. The summed E-state index contributed by atoms with van der Waals surface area (Å²) in [4.78, 5) is 15.4. The summed E-state index contributed by atoms with van der Waals surface area (Å²) in [6.45, 7) is 0.317. The zero-order chi connectivity index (χ0) is 15.9. The number of phenolic OH excluding ortho intramolecular Hbond substituents is 1. The molecule has 5 heteroatoms. The maximum Gasteiger partial charge on any atom is 0.336 e. The predicted octanol–water partition coefficient (Wildman–Crippen LogP) is 2.91. The lowest BCUT2D eigenvalue weighted by atomic mass is 10.1. The summed E-state index contributed by atoms with van der Waals surface area (Å²) in [5.41, 5.74) is 1.89. The van der Waals surface area contributed by atoms with Crippen molar-refractivity contribution in [3.8, 4) is 11.5 Å². The van der Waals surface area contributed by atoms with E-state index in [2.05, 4.69) is 4.99 Å².